The lowest BCUT2D eigenvalue weighted by molar-refractivity contribution is -0.125. The number of piperidine rings is 1. The molecule has 1 aliphatic heterocycles. The molecule has 4 nitrogen and oxygen atoms in total. The minimum Gasteiger partial charge on any atom is -0.380 e. The highest BCUT2D eigenvalue weighted by atomic mass is 16.5. The van der Waals surface area contributed by atoms with Crippen LogP contribution in [0.1, 0.15) is 30.9 Å². The molecule has 2 N–H and O–H groups in total. The Morgan fingerprint density at radius 3 is 2.85 bits per heavy atom. The van der Waals surface area contributed by atoms with E-state index in [1.165, 1.54) is 0 Å². The summed E-state index contributed by atoms with van der Waals surface area (Å²) in [6.45, 7) is 4.20. The van der Waals surface area contributed by atoms with Gasteiger partial charge in [-0.3, -0.25) is 4.79 Å². The summed E-state index contributed by atoms with van der Waals surface area (Å²) in [5.41, 5.74) is 2.24. The first-order valence-corrected chi connectivity index (χ1v) is 7.29. The van der Waals surface area contributed by atoms with Gasteiger partial charge in [-0.1, -0.05) is 31.2 Å². The van der Waals surface area contributed by atoms with Crippen molar-refractivity contribution in [3.05, 3.63) is 35.4 Å². The molecule has 0 spiro atoms. The lowest BCUT2D eigenvalue weighted by Crippen LogP contribution is -2.50. The average Bonchev–Trinajstić information content (AvgIpc) is 2.47. The van der Waals surface area contributed by atoms with Gasteiger partial charge in [0.25, 0.3) is 0 Å². The maximum Gasteiger partial charge on any atom is 0.237 e. The van der Waals surface area contributed by atoms with E-state index in [1.807, 2.05) is 24.3 Å². The number of hydrogen-bond acceptors (Lipinski definition) is 3. The molecule has 20 heavy (non-hydrogen) atoms. The van der Waals surface area contributed by atoms with Gasteiger partial charge in [0.2, 0.25) is 5.91 Å². The monoisotopic (exact) mass is 276 g/mol. The fourth-order valence-corrected chi connectivity index (χ4v) is 2.72. The third kappa shape index (κ3) is 3.81. The van der Waals surface area contributed by atoms with E-state index < -0.39 is 0 Å². The Morgan fingerprint density at radius 1 is 1.40 bits per heavy atom. The van der Waals surface area contributed by atoms with Crippen LogP contribution in [0.5, 0.6) is 0 Å². The Bertz CT molecular complexity index is 448. The van der Waals surface area contributed by atoms with Gasteiger partial charge in [-0.2, -0.15) is 0 Å². The van der Waals surface area contributed by atoms with Gasteiger partial charge >= 0.3 is 0 Å². The van der Waals surface area contributed by atoms with E-state index in [0.717, 1.165) is 30.5 Å². The standard InChI is InChI=1S/C16H24N2O2/c1-12-6-5-9-17-15(12)16(19)18-10-13-7-3-4-8-14(13)11-20-2/h3-4,7-8,12,15,17H,5-6,9-11H2,1-2H3,(H,18,19). The van der Waals surface area contributed by atoms with Crippen molar-refractivity contribution in [2.45, 2.75) is 39.0 Å². The van der Waals surface area contributed by atoms with Gasteiger partial charge in [-0.25, -0.2) is 0 Å². The predicted octanol–water partition coefficient (Wildman–Crippen LogP) is 1.84. The minimum absolute atomic E-state index is 0.0571. The Hall–Kier alpha value is -1.39. The first-order chi connectivity index (χ1) is 9.72. The Morgan fingerprint density at radius 2 is 2.15 bits per heavy atom. The number of benzene rings is 1. The number of methoxy groups -OCH3 is 1. The number of ether oxygens (including phenoxy) is 1. The maximum absolute atomic E-state index is 12.2. The number of nitrogens with one attached hydrogen (secondary N) is 2. The van der Waals surface area contributed by atoms with E-state index >= 15 is 0 Å². The lowest BCUT2D eigenvalue weighted by atomic mass is 9.92. The third-order valence-corrected chi connectivity index (χ3v) is 3.92. The fraction of sp³-hybridized carbons (Fsp3) is 0.562. The SMILES string of the molecule is COCc1ccccc1CNC(=O)C1NCCCC1C. The second-order valence-corrected chi connectivity index (χ2v) is 5.47. The van der Waals surface area contributed by atoms with Gasteiger partial charge < -0.3 is 15.4 Å². The lowest BCUT2D eigenvalue weighted by Gasteiger charge is -2.29. The fourth-order valence-electron chi connectivity index (χ4n) is 2.72. The molecule has 110 valence electrons. The van der Waals surface area contributed by atoms with E-state index in [-0.39, 0.29) is 11.9 Å². The largest absolute Gasteiger partial charge is 0.380 e. The highest BCUT2D eigenvalue weighted by molar-refractivity contribution is 5.82. The van der Waals surface area contributed by atoms with Crippen LogP contribution in [0.2, 0.25) is 0 Å². The molecule has 1 heterocycles. The van der Waals surface area contributed by atoms with Crippen LogP contribution in [0.25, 0.3) is 0 Å². The zero-order valence-corrected chi connectivity index (χ0v) is 12.3. The van der Waals surface area contributed by atoms with Crippen molar-refractivity contribution in [2.24, 2.45) is 5.92 Å². The Balaban J connectivity index is 1.92. The van der Waals surface area contributed by atoms with Gasteiger partial charge in [0.05, 0.1) is 12.6 Å². The van der Waals surface area contributed by atoms with E-state index in [0.29, 0.717) is 19.1 Å². The van der Waals surface area contributed by atoms with Crippen molar-refractivity contribution in [3.63, 3.8) is 0 Å². The van der Waals surface area contributed by atoms with Crippen LogP contribution < -0.4 is 10.6 Å². The molecule has 2 unspecified atom stereocenters. The van der Waals surface area contributed by atoms with Crippen LogP contribution in [-0.2, 0) is 22.7 Å². The molecule has 2 atom stereocenters. The van der Waals surface area contributed by atoms with Crippen molar-refractivity contribution in [1.29, 1.82) is 0 Å². The summed E-state index contributed by atoms with van der Waals surface area (Å²) in [5, 5.41) is 6.35. The molecule has 0 aliphatic carbocycles. The number of rotatable bonds is 5. The van der Waals surface area contributed by atoms with E-state index in [9.17, 15) is 4.79 Å². The maximum atomic E-state index is 12.2. The average molecular weight is 276 g/mol. The third-order valence-electron chi connectivity index (χ3n) is 3.92. The van der Waals surface area contributed by atoms with Crippen LogP contribution in [-0.4, -0.2) is 25.6 Å². The van der Waals surface area contributed by atoms with Crippen molar-refractivity contribution >= 4 is 5.91 Å². The summed E-state index contributed by atoms with van der Waals surface area (Å²) in [4.78, 5) is 12.2. The summed E-state index contributed by atoms with van der Waals surface area (Å²) in [6.07, 6.45) is 2.27. The molecule has 1 aromatic rings. The van der Waals surface area contributed by atoms with Gasteiger partial charge in [0, 0.05) is 13.7 Å². The predicted molar refractivity (Wildman–Crippen MR) is 79.2 cm³/mol. The Labute approximate surface area is 120 Å². The van der Waals surface area contributed by atoms with Crippen molar-refractivity contribution in [1.82, 2.24) is 10.6 Å². The molecule has 1 aliphatic rings. The molecule has 1 aromatic carbocycles. The summed E-state index contributed by atoms with van der Waals surface area (Å²) in [6, 6.07) is 7.99. The van der Waals surface area contributed by atoms with Crippen LogP contribution in [0, 0.1) is 5.92 Å². The Kier molecular flexibility index (Phi) is 5.56. The molecule has 4 heteroatoms. The summed E-state index contributed by atoms with van der Waals surface area (Å²) in [5.74, 6) is 0.502. The molecule has 1 saturated heterocycles. The van der Waals surface area contributed by atoms with Crippen LogP contribution in [0.4, 0.5) is 0 Å². The van der Waals surface area contributed by atoms with E-state index in [1.54, 1.807) is 7.11 Å². The number of carbonyl (C=O) groups excluding carboxylic acids is 1. The first kappa shape index (κ1) is 15.0. The summed E-state index contributed by atoms with van der Waals surface area (Å²) >= 11 is 0. The molecule has 0 aromatic heterocycles. The summed E-state index contributed by atoms with van der Waals surface area (Å²) < 4.78 is 5.18. The quantitative estimate of drug-likeness (QED) is 0.863. The minimum atomic E-state index is -0.0571. The van der Waals surface area contributed by atoms with Gasteiger partial charge in [-0.15, -0.1) is 0 Å². The number of amides is 1. The van der Waals surface area contributed by atoms with E-state index in [4.69, 9.17) is 4.74 Å². The second-order valence-electron chi connectivity index (χ2n) is 5.47. The number of hydrogen-bond donors (Lipinski definition) is 2. The second kappa shape index (κ2) is 7.41. The normalized spacial score (nSPS) is 22.5. The van der Waals surface area contributed by atoms with Crippen molar-refractivity contribution in [3.8, 4) is 0 Å². The van der Waals surface area contributed by atoms with Gasteiger partial charge in [0.15, 0.2) is 0 Å². The van der Waals surface area contributed by atoms with Crippen LogP contribution in [0.3, 0.4) is 0 Å². The molecule has 1 fully saturated rings. The topological polar surface area (TPSA) is 50.4 Å². The van der Waals surface area contributed by atoms with Crippen LogP contribution >= 0.6 is 0 Å². The van der Waals surface area contributed by atoms with E-state index in [2.05, 4.69) is 17.6 Å². The number of carbonyl (C=O) groups is 1. The molecule has 0 radical (unpaired) electrons. The molecular weight excluding hydrogens is 252 g/mol. The zero-order chi connectivity index (χ0) is 14.4. The van der Waals surface area contributed by atoms with Gasteiger partial charge in [-0.05, 0) is 36.4 Å². The zero-order valence-electron chi connectivity index (χ0n) is 12.3. The van der Waals surface area contributed by atoms with Gasteiger partial charge in [0.1, 0.15) is 0 Å². The molecule has 0 saturated carbocycles. The first-order valence-electron chi connectivity index (χ1n) is 7.29. The molecular formula is C16H24N2O2. The molecule has 0 bridgehead atoms. The highest BCUT2D eigenvalue weighted by Gasteiger charge is 2.26. The summed E-state index contributed by atoms with van der Waals surface area (Å²) in [7, 11) is 1.68. The van der Waals surface area contributed by atoms with Crippen LogP contribution in [0.15, 0.2) is 24.3 Å². The highest BCUT2D eigenvalue weighted by Crippen LogP contribution is 2.16. The molecule has 2 rings (SSSR count). The van der Waals surface area contributed by atoms with Crippen molar-refractivity contribution in [2.75, 3.05) is 13.7 Å². The molecule has 1 amide bonds. The smallest absolute Gasteiger partial charge is 0.237 e. The van der Waals surface area contributed by atoms with Crippen molar-refractivity contribution < 1.29 is 9.53 Å².